The lowest BCUT2D eigenvalue weighted by Gasteiger charge is -2.11. The Hall–Kier alpha value is -1.47. The van der Waals surface area contributed by atoms with Gasteiger partial charge in [-0.1, -0.05) is 11.3 Å². The monoisotopic (exact) mass is 281 g/mol. The highest BCUT2D eigenvalue weighted by molar-refractivity contribution is 7.17. The molecular weight excluding hydrogens is 266 g/mol. The number of aromatic nitrogens is 1. The Bertz CT molecular complexity index is 538. The van der Waals surface area contributed by atoms with Crippen molar-refractivity contribution in [3.05, 3.63) is 10.6 Å². The standard InChI is InChI=1S/C12H15N3O3S/c1-18-11(17)10-9(6-2-3-6)14-12(19-10)15-5-7(13)4-8(15)16/h6-7H,2-5,13H2,1H3. The predicted octanol–water partition coefficient (Wildman–Crippen LogP) is 0.871. The first-order valence-electron chi connectivity index (χ1n) is 6.25. The van der Waals surface area contributed by atoms with Gasteiger partial charge < -0.3 is 10.5 Å². The van der Waals surface area contributed by atoms with Crippen LogP contribution < -0.4 is 10.6 Å². The first kappa shape index (κ1) is 12.6. The first-order valence-corrected chi connectivity index (χ1v) is 7.06. The van der Waals surface area contributed by atoms with Gasteiger partial charge >= 0.3 is 5.97 Å². The number of thiazole rings is 1. The van der Waals surface area contributed by atoms with Gasteiger partial charge in [-0.2, -0.15) is 0 Å². The molecule has 1 atom stereocenters. The third-order valence-corrected chi connectivity index (χ3v) is 4.44. The van der Waals surface area contributed by atoms with E-state index in [4.69, 9.17) is 10.5 Å². The summed E-state index contributed by atoms with van der Waals surface area (Å²) >= 11 is 1.23. The lowest BCUT2D eigenvalue weighted by molar-refractivity contribution is -0.117. The Kier molecular flexibility index (Phi) is 3.02. The minimum Gasteiger partial charge on any atom is -0.465 e. The van der Waals surface area contributed by atoms with Crippen molar-refractivity contribution in [2.45, 2.75) is 31.2 Å². The zero-order valence-corrected chi connectivity index (χ0v) is 11.4. The number of rotatable bonds is 3. The van der Waals surface area contributed by atoms with Crippen molar-refractivity contribution in [2.75, 3.05) is 18.6 Å². The molecule has 1 aromatic rings. The zero-order valence-electron chi connectivity index (χ0n) is 10.6. The van der Waals surface area contributed by atoms with Gasteiger partial charge in [0.15, 0.2) is 5.13 Å². The quantitative estimate of drug-likeness (QED) is 0.831. The van der Waals surface area contributed by atoms with Crippen LogP contribution in [0.5, 0.6) is 0 Å². The van der Waals surface area contributed by atoms with Crippen molar-refractivity contribution < 1.29 is 14.3 Å². The van der Waals surface area contributed by atoms with Gasteiger partial charge in [-0.25, -0.2) is 9.78 Å². The second-order valence-corrected chi connectivity index (χ2v) is 5.92. The summed E-state index contributed by atoms with van der Waals surface area (Å²) in [6.07, 6.45) is 2.42. The van der Waals surface area contributed by atoms with Crippen LogP contribution in [0.15, 0.2) is 0 Å². The topological polar surface area (TPSA) is 85.5 Å². The van der Waals surface area contributed by atoms with Gasteiger partial charge in [0.2, 0.25) is 5.91 Å². The summed E-state index contributed by atoms with van der Waals surface area (Å²) in [6.45, 7) is 0.469. The molecule has 0 radical (unpaired) electrons. The third-order valence-electron chi connectivity index (χ3n) is 3.36. The molecule has 0 bridgehead atoms. The summed E-state index contributed by atoms with van der Waals surface area (Å²) in [5.74, 6) is -0.0629. The number of nitrogens with zero attached hydrogens (tertiary/aromatic N) is 2. The molecule has 3 rings (SSSR count). The molecule has 102 valence electrons. The number of carbonyl (C=O) groups excluding carboxylic acids is 2. The minimum atomic E-state index is -0.374. The molecular formula is C12H15N3O3S. The van der Waals surface area contributed by atoms with Gasteiger partial charge in [-0.05, 0) is 12.8 Å². The van der Waals surface area contributed by atoms with Crippen LogP contribution >= 0.6 is 11.3 Å². The Morgan fingerprint density at radius 3 is 2.79 bits per heavy atom. The SMILES string of the molecule is COC(=O)c1sc(N2CC(N)CC2=O)nc1C1CC1. The maximum atomic E-state index is 11.8. The summed E-state index contributed by atoms with van der Waals surface area (Å²) in [6, 6.07) is -0.151. The Labute approximate surface area is 114 Å². The molecule has 0 aromatic carbocycles. The smallest absolute Gasteiger partial charge is 0.350 e. The number of nitrogens with two attached hydrogens (primary N) is 1. The summed E-state index contributed by atoms with van der Waals surface area (Å²) in [7, 11) is 1.36. The van der Waals surface area contributed by atoms with E-state index in [1.54, 1.807) is 4.90 Å². The van der Waals surface area contributed by atoms with Crippen LogP contribution in [0.3, 0.4) is 0 Å². The number of ether oxygens (including phenoxy) is 1. The number of hydrogen-bond acceptors (Lipinski definition) is 6. The fourth-order valence-corrected chi connectivity index (χ4v) is 3.32. The van der Waals surface area contributed by atoms with E-state index in [1.807, 2.05) is 0 Å². The molecule has 1 saturated carbocycles. The summed E-state index contributed by atoms with van der Waals surface area (Å²) < 4.78 is 4.78. The molecule has 2 heterocycles. The number of amides is 1. The van der Waals surface area contributed by atoms with E-state index in [9.17, 15) is 9.59 Å². The van der Waals surface area contributed by atoms with E-state index in [2.05, 4.69) is 4.98 Å². The van der Waals surface area contributed by atoms with Crippen LogP contribution in [-0.4, -0.2) is 36.6 Å². The largest absolute Gasteiger partial charge is 0.465 e. The number of anilines is 1. The predicted molar refractivity (Wildman–Crippen MR) is 70.4 cm³/mol. The number of esters is 1. The van der Waals surface area contributed by atoms with E-state index in [-0.39, 0.29) is 17.9 Å². The average molecular weight is 281 g/mol. The fourth-order valence-electron chi connectivity index (χ4n) is 2.23. The van der Waals surface area contributed by atoms with E-state index < -0.39 is 0 Å². The van der Waals surface area contributed by atoms with Crippen molar-refractivity contribution in [2.24, 2.45) is 5.73 Å². The molecule has 1 aromatic heterocycles. The first-order chi connectivity index (χ1) is 9.10. The molecule has 2 fully saturated rings. The van der Waals surface area contributed by atoms with E-state index in [0.717, 1.165) is 18.5 Å². The zero-order chi connectivity index (χ0) is 13.6. The van der Waals surface area contributed by atoms with Gasteiger partial charge in [-0.3, -0.25) is 9.69 Å². The Morgan fingerprint density at radius 1 is 1.53 bits per heavy atom. The molecule has 1 amide bonds. The molecule has 1 aliphatic carbocycles. The van der Waals surface area contributed by atoms with E-state index >= 15 is 0 Å². The van der Waals surface area contributed by atoms with Crippen LogP contribution in [0, 0.1) is 0 Å². The van der Waals surface area contributed by atoms with E-state index in [1.165, 1.54) is 18.4 Å². The molecule has 19 heavy (non-hydrogen) atoms. The third kappa shape index (κ3) is 2.23. The molecule has 2 aliphatic rings. The molecule has 2 N–H and O–H groups in total. The van der Waals surface area contributed by atoms with Crippen LogP contribution in [0.2, 0.25) is 0 Å². The minimum absolute atomic E-state index is 0.0278. The normalized spacial score (nSPS) is 22.9. The van der Waals surface area contributed by atoms with E-state index in [0.29, 0.717) is 28.9 Å². The molecule has 1 aliphatic heterocycles. The lowest BCUT2D eigenvalue weighted by Crippen LogP contribution is -2.27. The number of hydrogen-bond donors (Lipinski definition) is 1. The van der Waals surface area contributed by atoms with Crippen molar-refractivity contribution in [3.8, 4) is 0 Å². The van der Waals surface area contributed by atoms with Gasteiger partial charge in [0.25, 0.3) is 0 Å². The van der Waals surface area contributed by atoms with Crippen LogP contribution in [-0.2, 0) is 9.53 Å². The van der Waals surface area contributed by atoms with Gasteiger partial charge in [0.05, 0.1) is 12.8 Å². The second kappa shape index (κ2) is 4.57. The van der Waals surface area contributed by atoms with Crippen molar-refractivity contribution in [3.63, 3.8) is 0 Å². The Morgan fingerprint density at radius 2 is 2.26 bits per heavy atom. The maximum Gasteiger partial charge on any atom is 0.350 e. The number of carbonyl (C=O) groups is 2. The molecule has 7 heteroatoms. The van der Waals surface area contributed by atoms with Gasteiger partial charge in [0.1, 0.15) is 4.88 Å². The Balaban J connectivity index is 1.94. The van der Waals surface area contributed by atoms with Crippen LogP contribution in [0.4, 0.5) is 5.13 Å². The lowest BCUT2D eigenvalue weighted by atomic mass is 10.2. The van der Waals surface area contributed by atoms with Crippen LogP contribution in [0.1, 0.15) is 40.5 Å². The van der Waals surface area contributed by atoms with Crippen molar-refractivity contribution in [1.82, 2.24) is 4.98 Å². The second-order valence-electron chi connectivity index (χ2n) is 4.95. The highest BCUT2D eigenvalue weighted by Gasteiger charge is 2.36. The molecule has 1 unspecified atom stereocenters. The highest BCUT2D eigenvalue weighted by atomic mass is 32.1. The van der Waals surface area contributed by atoms with Gasteiger partial charge in [0, 0.05) is 24.9 Å². The highest BCUT2D eigenvalue weighted by Crippen LogP contribution is 2.44. The van der Waals surface area contributed by atoms with Crippen molar-refractivity contribution >= 4 is 28.3 Å². The molecule has 1 saturated heterocycles. The van der Waals surface area contributed by atoms with Crippen molar-refractivity contribution in [1.29, 1.82) is 0 Å². The molecule has 6 nitrogen and oxygen atoms in total. The average Bonchev–Trinajstić information content (AvgIpc) is 3.05. The fraction of sp³-hybridized carbons (Fsp3) is 0.583. The molecule has 0 spiro atoms. The maximum absolute atomic E-state index is 11.8. The summed E-state index contributed by atoms with van der Waals surface area (Å²) in [5, 5.41) is 0.570. The number of methoxy groups -OCH3 is 1. The van der Waals surface area contributed by atoms with Crippen LogP contribution in [0.25, 0.3) is 0 Å². The summed E-state index contributed by atoms with van der Waals surface area (Å²) in [4.78, 5) is 30.2. The summed E-state index contributed by atoms with van der Waals surface area (Å²) in [5.41, 5.74) is 6.56. The van der Waals surface area contributed by atoms with Gasteiger partial charge in [-0.15, -0.1) is 0 Å².